The van der Waals surface area contributed by atoms with Gasteiger partial charge in [0.05, 0.1) is 26.5 Å². The highest BCUT2D eigenvalue weighted by Crippen LogP contribution is 2.28. The molecule has 0 aromatic heterocycles. The number of thiocarbonyl (C=S) groups is 1. The summed E-state index contributed by atoms with van der Waals surface area (Å²) in [6.07, 6.45) is 2.36. The molecule has 0 aliphatic heterocycles. The molecule has 0 radical (unpaired) electrons. The molecule has 0 saturated carbocycles. The van der Waals surface area contributed by atoms with Gasteiger partial charge in [-0.25, -0.2) is 0 Å². The van der Waals surface area contributed by atoms with Crippen molar-refractivity contribution in [2.45, 2.75) is 32.6 Å². The van der Waals surface area contributed by atoms with E-state index < -0.39 is 0 Å². The van der Waals surface area contributed by atoms with Gasteiger partial charge in [0.2, 0.25) is 0 Å². The number of methoxy groups -OCH3 is 1. The highest BCUT2D eigenvalue weighted by atomic mass is 32.1. The fourth-order valence-corrected chi connectivity index (χ4v) is 2.59. The molecule has 29 heavy (non-hydrogen) atoms. The van der Waals surface area contributed by atoms with Gasteiger partial charge in [-0.1, -0.05) is 32.9 Å². The fraction of sp³-hybridized carbons (Fsp3) is 0.364. The van der Waals surface area contributed by atoms with Gasteiger partial charge in [0, 0.05) is 6.42 Å². The van der Waals surface area contributed by atoms with Crippen LogP contribution >= 0.6 is 12.2 Å². The topological polar surface area (TPSA) is 78.1 Å². The van der Waals surface area contributed by atoms with Crippen LogP contribution in [-0.2, 0) is 5.41 Å². The first kappa shape index (κ1) is 22.5. The average molecular weight is 416 g/mol. The molecule has 0 heterocycles. The van der Waals surface area contributed by atoms with E-state index in [1.54, 1.807) is 13.3 Å². The summed E-state index contributed by atoms with van der Waals surface area (Å²) in [4.78, 5) is 0. The lowest BCUT2D eigenvalue weighted by Crippen LogP contribution is -2.23. The predicted octanol–water partition coefficient (Wildman–Crippen LogP) is 4.01. The van der Waals surface area contributed by atoms with Crippen LogP contribution in [0.1, 0.15) is 38.3 Å². The van der Waals surface area contributed by atoms with Crippen LogP contribution in [0.5, 0.6) is 17.2 Å². The Morgan fingerprint density at radius 1 is 1.07 bits per heavy atom. The number of nitrogens with zero attached hydrogens (tertiary/aromatic N) is 1. The van der Waals surface area contributed by atoms with Gasteiger partial charge in [-0.2, -0.15) is 5.10 Å². The van der Waals surface area contributed by atoms with E-state index in [0.717, 1.165) is 17.7 Å². The first-order valence-corrected chi connectivity index (χ1v) is 9.83. The molecule has 0 atom stereocenters. The third-order valence-corrected chi connectivity index (χ3v) is 4.20. The van der Waals surface area contributed by atoms with Crippen molar-refractivity contribution in [3.05, 3.63) is 53.6 Å². The molecule has 0 unspecified atom stereocenters. The SMILES string of the molecule is COc1cc(/C=N\NC(N)=S)ccc1OCCCOc1ccc(C(C)(C)C)cc1. The molecule has 2 rings (SSSR count). The molecule has 6 nitrogen and oxygen atoms in total. The second kappa shape index (κ2) is 10.7. The van der Waals surface area contributed by atoms with E-state index in [0.29, 0.717) is 24.7 Å². The van der Waals surface area contributed by atoms with Gasteiger partial charge in [-0.15, -0.1) is 0 Å². The van der Waals surface area contributed by atoms with Gasteiger partial charge in [-0.05, 0) is 59.1 Å². The highest BCUT2D eigenvalue weighted by molar-refractivity contribution is 7.80. The van der Waals surface area contributed by atoms with Gasteiger partial charge >= 0.3 is 0 Å². The Balaban J connectivity index is 1.79. The Hall–Kier alpha value is -2.80. The van der Waals surface area contributed by atoms with Crippen molar-refractivity contribution in [1.82, 2.24) is 5.43 Å². The van der Waals surface area contributed by atoms with E-state index in [4.69, 9.17) is 32.2 Å². The number of nitrogens with two attached hydrogens (primary N) is 1. The van der Waals surface area contributed by atoms with Crippen LogP contribution in [0.2, 0.25) is 0 Å². The molecule has 0 aliphatic rings. The number of rotatable bonds is 9. The number of hydrazone groups is 1. The predicted molar refractivity (Wildman–Crippen MR) is 121 cm³/mol. The monoisotopic (exact) mass is 415 g/mol. The van der Waals surface area contributed by atoms with Crippen LogP contribution < -0.4 is 25.4 Å². The molecule has 0 aliphatic carbocycles. The van der Waals surface area contributed by atoms with Crippen LogP contribution in [0.4, 0.5) is 0 Å². The molecule has 2 aromatic rings. The molecule has 156 valence electrons. The second-order valence-electron chi connectivity index (χ2n) is 7.47. The number of benzene rings is 2. The summed E-state index contributed by atoms with van der Waals surface area (Å²) in [5.74, 6) is 2.16. The zero-order valence-electron chi connectivity index (χ0n) is 17.4. The second-order valence-corrected chi connectivity index (χ2v) is 7.91. The highest BCUT2D eigenvalue weighted by Gasteiger charge is 2.13. The summed E-state index contributed by atoms with van der Waals surface area (Å²) < 4.78 is 17.0. The largest absolute Gasteiger partial charge is 0.493 e. The Bertz CT molecular complexity index is 830. The van der Waals surface area contributed by atoms with E-state index >= 15 is 0 Å². The van der Waals surface area contributed by atoms with E-state index in [1.807, 2.05) is 30.3 Å². The van der Waals surface area contributed by atoms with Crippen LogP contribution in [0.15, 0.2) is 47.6 Å². The normalized spacial score (nSPS) is 11.3. The number of ether oxygens (including phenoxy) is 3. The lowest BCUT2D eigenvalue weighted by atomic mass is 9.87. The maximum absolute atomic E-state index is 5.82. The molecule has 0 bridgehead atoms. The van der Waals surface area contributed by atoms with Gasteiger partial charge in [0.15, 0.2) is 16.6 Å². The Morgan fingerprint density at radius 3 is 2.38 bits per heavy atom. The lowest BCUT2D eigenvalue weighted by molar-refractivity contribution is 0.240. The minimum absolute atomic E-state index is 0.112. The first-order chi connectivity index (χ1) is 13.8. The van der Waals surface area contributed by atoms with E-state index in [1.165, 1.54) is 5.56 Å². The summed E-state index contributed by atoms with van der Waals surface area (Å²) >= 11 is 4.70. The first-order valence-electron chi connectivity index (χ1n) is 9.42. The van der Waals surface area contributed by atoms with Crippen molar-refractivity contribution in [1.29, 1.82) is 0 Å². The molecular formula is C22H29N3O3S. The zero-order valence-corrected chi connectivity index (χ0v) is 18.2. The minimum atomic E-state index is 0.112. The van der Waals surface area contributed by atoms with Crippen molar-refractivity contribution < 1.29 is 14.2 Å². The van der Waals surface area contributed by atoms with Crippen molar-refractivity contribution in [2.24, 2.45) is 10.8 Å². The summed E-state index contributed by atoms with van der Waals surface area (Å²) in [6.45, 7) is 7.68. The van der Waals surface area contributed by atoms with Crippen LogP contribution in [0.25, 0.3) is 0 Å². The maximum Gasteiger partial charge on any atom is 0.184 e. The molecule has 2 aromatic carbocycles. The van der Waals surface area contributed by atoms with Gasteiger partial charge in [0.1, 0.15) is 5.75 Å². The van der Waals surface area contributed by atoms with Gasteiger partial charge in [-0.3, -0.25) is 5.43 Å². The third kappa shape index (κ3) is 7.62. The third-order valence-electron chi connectivity index (χ3n) is 4.11. The summed E-state index contributed by atoms with van der Waals surface area (Å²) in [5, 5.41) is 4.04. The van der Waals surface area contributed by atoms with Gasteiger partial charge in [0.25, 0.3) is 0 Å². The van der Waals surface area contributed by atoms with E-state index in [-0.39, 0.29) is 10.5 Å². The minimum Gasteiger partial charge on any atom is -0.493 e. The Labute approximate surface area is 178 Å². The standard InChI is InChI=1S/C22H29N3O3S/c1-22(2,3)17-7-9-18(10-8-17)27-12-5-13-28-19-11-6-16(14-20(19)26-4)15-24-25-21(23)29/h6-11,14-15H,5,12-13H2,1-4H3,(H3,23,25,29)/b24-15-. The Kier molecular flexibility index (Phi) is 8.27. The van der Waals surface area contributed by atoms with Crippen molar-refractivity contribution in [2.75, 3.05) is 20.3 Å². The quantitative estimate of drug-likeness (QED) is 0.279. The van der Waals surface area contributed by atoms with E-state index in [9.17, 15) is 0 Å². The smallest absolute Gasteiger partial charge is 0.184 e. The molecule has 7 heteroatoms. The number of nitrogens with one attached hydrogen (secondary N) is 1. The summed E-state index contributed by atoms with van der Waals surface area (Å²) in [7, 11) is 1.60. The fourth-order valence-electron chi connectivity index (χ4n) is 2.54. The molecular weight excluding hydrogens is 386 g/mol. The zero-order chi connectivity index (χ0) is 21.3. The molecule has 0 amide bonds. The molecule has 0 fully saturated rings. The summed E-state index contributed by atoms with van der Waals surface area (Å²) in [5.41, 5.74) is 10.1. The molecule has 0 saturated heterocycles. The van der Waals surface area contributed by atoms with Crippen LogP contribution in [0, 0.1) is 0 Å². The van der Waals surface area contributed by atoms with Crippen molar-refractivity contribution >= 4 is 23.5 Å². The Morgan fingerprint density at radius 2 is 1.76 bits per heavy atom. The number of hydrogen-bond acceptors (Lipinski definition) is 5. The number of hydrogen-bond donors (Lipinski definition) is 2. The van der Waals surface area contributed by atoms with Crippen LogP contribution in [0.3, 0.4) is 0 Å². The van der Waals surface area contributed by atoms with Crippen molar-refractivity contribution in [3.8, 4) is 17.2 Å². The molecule has 3 N–H and O–H groups in total. The maximum atomic E-state index is 5.82. The van der Waals surface area contributed by atoms with E-state index in [2.05, 4.69) is 43.4 Å². The van der Waals surface area contributed by atoms with Crippen LogP contribution in [-0.4, -0.2) is 31.7 Å². The van der Waals surface area contributed by atoms with Gasteiger partial charge < -0.3 is 19.9 Å². The molecule has 0 spiro atoms. The van der Waals surface area contributed by atoms with Crippen molar-refractivity contribution in [3.63, 3.8) is 0 Å². The average Bonchev–Trinajstić information content (AvgIpc) is 2.67. The lowest BCUT2D eigenvalue weighted by Gasteiger charge is -2.19. The summed E-state index contributed by atoms with van der Waals surface area (Å²) in [6, 6.07) is 13.8.